The van der Waals surface area contributed by atoms with E-state index >= 15 is 0 Å². The van der Waals surface area contributed by atoms with Crippen LogP contribution in [0.1, 0.15) is 40.0 Å². The lowest BCUT2D eigenvalue weighted by atomic mass is 9.76. The molecule has 150 valence electrons. The molecule has 1 aromatic rings. The van der Waals surface area contributed by atoms with Crippen LogP contribution >= 0.6 is 0 Å². The molecule has 2 saturated heterocycles. The van der Waals surface area contributed by atoms with Crippen molar-refractivity contribution in [1.29, 1.82) is 0 Å². The molecule has 0 aromatic heterocycles. The number of nitrogens with zero attached hydrogens (tertiary/aromatic N) is 1. The van der Waals surface area contributed by atoms with E-state index in [1.54, 1.807) is 4.90 Å². The van der Waals surface area contributed by atoms with Gasteiger partial charge in [-0.05, 0) is 31.4 Å². The summed E-state index contributed by atoms with van der Waals surface area (Å²) in [6.07, 6.45) is 6.88. The van der Waals surface area contributed by atoms with Crippen molar-refractivity contribution in [2.45, 2.75) is 57.8 Å². The van der Waals surface area contributed by atoms with Crippen LogP contribution in [0.25, 0.3) is 0 Å². The maximum Gasteiger partial charge on any atom is 0.234 e. The second kappa shape index (κ2) is 7.36. The highest BCUT2D eigenvalue weighted by molar-refractivity contribution is 6.03. The quantitative estimate of drug-likeness (QED) is 0.736. The summed E-state index contributed by atoms with van der Waals surface area (Å²) in [5.74, 6) is -0.275. The standard InChI is InChI=1S/C23H30N2O3/c1-15(2)8-7-9-16(3)24-21(26)19-18-12-13-23(28-18)14-25(22(27)20(19)23)17-10-5-4-6-11-17/h4-6,10-13,15-16,18-20H,7-9,14H2,1-3H3,(H,24,26)/t16-,18+,19+,20+,23+/m0/s1. The minimum atomic E-state index is -0.666. The van der Waals surface area contributed by atoms with Crippen molar-refractivity contribution in [2.24, 2.45) is 17.8 Å². The highest BCUT2D eigenvalue weighted by Gasteiger charge is 2.67. The maximum atomic E-state index is 13.3. The van der Waals surface area contributed by atoms with Gasteiger partial charge in [0.1, 0.15) is 5.60 Å². The third-order valence-electron chi connectivity index (χ3n) is 6.28. The number of fused-ring (bicyclic) bond motifs is 1. The Bertz CT molecular complexity index is 775. The Labute approximate surface area is 167 Å². The molecule has 5 nitrogen and oxygen atoms in total. The predicted octanol–water partition coefficient (Wildman–Crippen LogP) is 3.30. The van der Waals surface area contributed by atoms with Crippen LogP contribution in [0, 0.1) is 17.8 Å². The van der Waals surface area contributed by atoms with Crippen LogP contribution in [0.15, 0.2) is 42.5 Å². The molecule has 0 aliphatic carbocycles. The van der Waals surface area contributed by atoms with E-state index in [0.717, 1.165) is 24.9 Å². The minimum absolute atomic E-state index is 0.00865. The van der Waals surface area contributed by atoms with Crippen LogP contribution in [0.2, 0.25) is 0 Å². The number of amides is 2. The zero-order valence-electron chi connectivity index (χ0n) is 16.9. The van der Waals surface area contributed by atoms with Crippen LogP contribution < -0.4 is 10.2 Å². The number of anilines is 1. The van der Waals surface area contributed by atoms with E-state index in [0.29, 0.717) is 12.5 Å². The third-order valence-corrected chi connectivity index (χ3v) is 6.28. The summed E-state index contributed by atoms with van der Waals surface area (Å²) in [4.78, 5) is 28.1. The summed E-state index contributed by atoms with van der Waals surface area (Å²) in [5, 5.41) is 3.14. The number of ether oxygens (including phenoxy) is 1. The Balaban J connectivity index is 1.47. The summed E-state index contributed by atoms with van der Waals surface area (Å²) in [7, 11) is 0. The van der Waals surface area contributed by atoms with Gasteiger partial charge in [-0.15, -0.1) is 0 Å². The van der Waals surface area contributed by atoms with E-state index < -0.39 is 17.4 Å². The average Bonchev–Trinajstić information content (AvgIpc) is 3.30. The Hall–Kier alpha value is -2.14. The largest absolute Gasteiger partial charge is 0.360 e. The average molecular weight is 383 g/mol. The molecule has 1 spiro atoms. The molecule has 28 heavy (non-hydrogen) atoms. The van der Waals surface area contributed by atoms with Crippen molar-refractivity contribution < 1.29 is 14.3 Å². The van der Waals surface area contributed by atoms with Crippen molar-refractivity contribution in [1.82, 2.24) is 5.32 Å². The monoisotopic (exact) mass is 382 g/mol. The minimum Gasteiger partial charge on any atom is -0.360 e. The van der Waals surface area contributed by atoms with E-state index in [1.165, 1.54) is 0 Å². The SMILES string of the molecule is CC(C)CCC[C@H](C)NC(=O)[C@@H]1[C@H]2C=C[C@]3(CN(c4ccccc4)C(=O)[C@@H]13)O2. The molecular weight excluding hydrogens is 352 g/mol. The summed E-state index contributed by atoms with van der Waals surface area (Å²) in [5.41, 5.74) is 0.193. The van der Waals surface area contributed by atoms with Crippen molar-refractivity contribution in [3.8, 4) is 0 Å². The van der Waals surface area contributed by atoms with E-state index in [-0.39, 0.29) is 24.0 Å². The van der Waals surface area contributed by atoms with Crippen LogP contribution in [0.3, 0.4) is 0 Å². The summed E-state index contributed by atoms with van der Waals surface area (Å²) in [6.45, 7) is 6.95. The van der Waals surface area contributed by atoms with Gasteiger partial charge in [-0.2, -0.15) is 0 Å². The zero-order valence-corrected chi connectivity index (χ0v) is 16.9. The lowest BCUT2D eigenvalue weighted by Crippen LogP contribution is -2.46. The smallest absolute Gasteiger partial charge is 0.234 e. The first-order valence-electron chi connectivity index (χ1n) is 10.5. The Kier molecular flexibility index (Phi) is 5.04. The number of carbonyl (C=O) groups is 2. The molecule has 2 bridgehead atoms. The third kappa shape index (κ3) is 3.26. The first kappa shape index (κ1) is 19.2. The Morgan fingerprint density at radius 2 is 2.00 bits per heavy atom. The molecule has 2 amide bonds. The number of hydrogen-bond donors (Lipinski definition) is 1. The first-order valence-corrected chi connectivity index (χ1v) is 10.5. The van der Waals surface area contributed by atoms with E-state index in [2.05, 4.69) is 19.2 Å². The number of para-hydroxylation sites is 1. The van der Waals surface area contributed by atoms with Gasteiger partial charge in [0.25, 0.3) is 0 Å². The summed E-state index contributed by atoms with van der Waals surface area (Å²) < 4.78 is 6.20. The molecule has 1 aromatic carbocycles. The van der Waals surface area contributed by atoms with Crippen molar-refractivity contribution >= 4 is 17.5 Å². The molecule has 5 heteroatoms. The number of carbonyl (C=O) groups excluding carboxylic acids is 2. The maximum absolute atomic E-state index is 13.3. The normalized spacial score (nSPS) is 31.5. The van der Waals surface area contributed by atoms with Gasteiger partial charge in [0, 0.05) is 11.7 Å². The zero-order chi connectivity index (χ0) is 19.9. The number of hydrogen-bond acceptors (Lipinski definition) is 3. The molecule has 0 unspecified atom stereocenters. The molecule has 5 atom stereocenters. The number of rotatable bonds is 7. The van der Waals surface area contributed by atoms with Gasteiger partial charge in [0.05, 0.1) is 24.5 Å². The fourth-order valence-corrected chi connectivity index (χ4v) is 4.87. The van der Waals surface area contributed by atoms with Gasteiger partial charge in [-0.25, -0.2) is 0 Å². The Morgan fingerprint density at radius 1 is 1.25 bits per heavy atom. The topological polar surface area (TPSA) is 58.6 Å². The van der Waals surface area contributed by atoms with Crippen LogP contribution in [0.4, 0.5) is 5.69 Å². The van der Waals surface area contributed by atoms with E-state index in [4.69, 9.17) is 4.74 Å². The molecule has 3 heterocycles. The lowest BCUT2D eigenvalue weighted by molar-refractivity contribution is -0.132. The fraction of sp³-hybridized carbons (Fsp3) is 0.565. The predicted molar refractivity (Wildman–Crippen MR) is 109 cm³/mol. The van der Waals surface area contributed by atoms with Crippen molar-refractivity contribution in [2.75, 3.05) is 11.4 Å². The molecule has 3 aliphatic heterocycles. The molecule has 0 saturated carbocycles. The molecular formula is C23H30N2O3. The highest BCUT2D eigenvalue weighted by Crippen LogP contribution is 2.52. The lowest BCUT2D eigenvalue weighted by Gasteiger charge is -2.25. The molecule has 0 radical (unpaired) electrons. The van der Waals surface area contributed by atoms with Gasteiger partial charge in [-0.1, -0.05) is 57.0 Å². The van der Waals surface area contributed by atoms with E-state index in [9.17, 15) is 9.59 Å². The fourth-order valence-electron chi connectivity index (χ4n) is 4.87. The van der Waals surface area contributed by atoms with Gasteiger partial charge in [-0.3, -0.25) is 9.59 Å². The molecule has 2 fully saturated rings. The summed E-state index contributed by atoms with van der Waals surface area (Å²) in [6, 6.07) is 9.74. The Morgan fingerprint density at radius 3 is 2.71 bits per heavy atom. The van der Waals surface area contributed by atoms with E-state index in [1.807, 2.05) is 49.4 Å². The first-order chi connectivity index (χ1) is 13.4. The van der Waals surface area contributed by atoms with Crippen molar-refractivity contribution in [3.63, 3.8) is 0 Å². The molecule has 1 N–H and O–H groups in total. The van der Waals surface area contributed by atoms with Crippen LogP contribution in [0.5, 0.6) is 0 Å². The number of benzene rings is 1. The van der Waals surface area contributed by atoms with Gasteiger partial charge in [0.2, 0.25) is 11.8 Å². The second-order valence-corrected chi connectivity index (χ2v) is 8.89. The molecule has 4 rings (SSSR count). The summed E-state index contributed by atoms with van der Waals surface area (Å²) >= 11 is 0. The van der Waals surface area contributed by atoms with Crippen molar-refractivity contribution in [3.05, 3.63) is 42.5 Å². The van der Waals surface area contributed by atoms with Gasteiger partial charge >= 0.3 is 0 Å². The number of nitrogens with one attached hydrogen (secondary N) is 1. The molecule has 3 aliphatic rings. The van der Waals surface area contributed by atoms with Crippen LogP contribution in [-0.4, -0.2) is 36.1 Å². The second-order valence-electron chi connectivity index (χ2n) is 8.89. The highest BCUT2D eigenvalue weighted by atomic mass is 16.5. The van der Waals surface area contributed by atoms with Gasteiger partial charge < -0.3 is 15.0 Å². The van der Waals surface area contributed by atoms with Gasteiger partial charge in [0.15, 0.2) is 0 Å². The van der Waals surface area contributed by atoms with Crippen LogP contribution in [-0.2, 0) is 14.3 Å².